The molecule has 1 aromatic rings. The van der Waals surface area contributed by atoms with Gasteiger partial charge in [-0.25, -0.2) is 4.98 Å². The summed E-state index contributed by atoms with van der Waals surface area (Å²) in [5, 5.41) is 0. The highest BCUT2D eigenvalue weighted by Crippen LogP contribution is 2.42. The molecule has 0 unspecified atom stereocenters. The van der Waals surface area contributed by atoms with Gasteiger partial charge in [-0.1, -0.05) is 19.8 Å². The molecule has 84 valence electrons. The average molecular weight is 227 g/mol. The molecule has 1 aliphatic rings. The van der Waals surface area contributed by atoms with Crippen LogP contribution < -0.4 is 0 Å². The molecule has 1 heterocycles. The highest BCUT2D eigenvalue weighted by atomic mass is 35.5. The highest BCUT2D eigenvalue weighted by molar-refractivity contribution is 6.16. The van der Waals surface area contributed by atoms with Crippen LogP contribution in [-0.4, -0.2) is 9.55 Å². The van der Waals surface area contributed by atoms with E-state index in [4.69, 9.17) is 11.6 Å². The van der Waals surface area contributed by atoms with Crippen molar-refractivity contribution in [3.63, 3.8) is 0 Å². The Hall–Kier alpha value is -0.500. The second-order valence-corrected chi connectivity index (χ2v) is 4.97. The van der Waals surface area contributed by atoms with Gasteiger partial charge < -0.3 is 4.57 Å². The molecule has 0 spiro atoms. The third-order valence-corrected chi connectivity index (χ3v) is 4.13. The third kappa shape index (κ3) is 2.20. The Morgan fingerprint density at radius 3 is 2.80 bits per heavy atom. The fourth-order valence-electron chi connectivity index (χ4n) is 2.71. The lowest BCUT2D eigenvalue weighted by Crippen LogP contribution is -2.23. The Balaban J connectivity index is 2.12. The van der Waals surface area contributed by atoms with Crippen LogP contribution >= 0.6 is 11.6 Å². The minimum atomic E-state index is 0.515. The molecule has 0 N–H and O–H groups in total. The normalized spacial score (nSPS) is 19.6. The van der Waals surface area contributed by atoms with Crippen molar-refractivity contribution in [2.45, 2.75) is 51.5 Å². The molecule has 2 rings (SSSR count). The molecule has 1 aromatic heterocycles. The van der Waals surface area contributed by atoms with Gasteiger partial charge in [0.2, 0.25) is 0 Å². The molecule has 0 aliphatic heterocycles. The number of nitrogens with zero attached hydrogens (tertiary/aromatic N) is 2. The fraction of sp³-hybridized carbons (Fsp3) is 0.750. The molecule has 2 nitrogen and oxygen atoms in total. The quantitative estimate of drug-likeness (QED) is 0.718. The van der Waals surface area contributed by atoms with Gasteiger partial charge in [-0.15, -0.1) is 11.6 Å². The predicted octanol–water partition coefficient (Wildman–Crippen LogP) is 3.59. The molecule has 1 fully saturated rings. The van der Waals surface area contributed by atoms with E-state index in [1.165, 1.54) is 32.1 Å². The zero-order valence-electron chi connectivity index (χ0n) is 9.38. The first-order valence-electron chi connectivity index (χ1n) is 5.85. The van der Waals surface area contributed by atoms with Crippen LogP contribution in [0.3, 0.4) is 0 Å². The number of aromatic nitrogens is 2. The van der Waals surface area contributed by atoms with Crippen molar-refractivity contribution < 1.29 is 0 Å². The second-order valence-electron chi connectivity index (χ2n) is 4.71. The Bertz CT molecular complexity index is 313. The molecule has 0 bridgehead atoms. The monoisotopic (exact) mass is 226 g/mol. The summed E-state index contributed by atoms with van der Waals surface area (Å²) in [5.41, 5.74) is 1.66. The first kappa shape index (κ1) is 11.0. The average Bonchev–Trinajstić information content (AvgIpc) is 2.88. The lowest BCUT2D eigenvalue weighted by atomic mass is 9.83. The smallest absolute Gasteiger partial charge is 0.0948 e. The molecule has 0 radical (unpaired) electrons. The molecule has 0 saturated heterocycles. The molecular formula is C12H19ClN2. The maximum atomic E-state index is 5.89. The Morgan fingerprint density at radius 2 is 2.20 bits per heavy atom. The minimum absolute atomic E-state index is 0.515. The van der Waals surface area contributed by atoms with E-state index in [1.54, 1.807) is 0 Å². The van der Waals surface area contributed by atoms with E-state index in [2.05, 4.69) is 16.5 Å². The SMILES string of the molecule is CCC1(Cn2cncc2CCl)CCCC1. The molecule has 0 atom stereocenters. The Kier molecular flexibility index (Phi) is 3.35. The lowest BCUT2D eigenvalue weighted by molar-refractivity contribution is 0.235. The van der Waals surface area contributed by atoms with Gasteiger partial charge in [0, 0.05) is 12.7 Å². The predicted molar refractivity (Wildman–Crippen MR) is 63.0 cm³/mol. The van der Waals surface area contributed by atoms with Gasteiger partial charge in [-0.2, -0.15) is 0 Å². The first-order chi connectivity index (χ1) is 7.29. The topological polar surface area (TPSA) is 17.8 Å². The van der Waals surface area contributed by atoms with Crippen molar-refractivity contribution in [3.05, 3.63) is 18.2 Å². The molecular weight excluding hydrogens is 208 g/mol. The molecule has 15 heavy (non-hydrogen) atoms. The van der Waals surface area contributed by atoms with E-state index in [9.17, 15) is 0 Å². The fourth-order valence-corrected chi connectivity index (χ4v) is 2.93. The Labute approximate surface area is 96.7 Å². The zero-order valence-corrected chi connectivity index (χ0v) is 10.1. The van der Waals surface area contributed by atoms with Crippen LogP contribution in [0.1, 0.15) is 44.7 Å². The molecule has 0 aromatic carbocycles. The van der Waals surface area contributed by atoms with Crippen LogP contribution in [0.15, 0.2) is 12.5 Å². The van der Waals surface area contributed by atoms with Crippen molar-refractivity contribution in [2.24, 2.45) is 5.41 Å². The van der Waals surface area contributed by atoms with E-state index in [0.717, 1.165) is 12.2 Å². The van der Waals surface area contributed by atoms with Gasteiger partial charge in [0.25, 0.3) is 0 Å². The molecule has 1 saturated carbocycles. The standard InChI is InChI=1S/C12H19ClN2/c1-2-12(5-3-4-6-12)9-15-10-14-8-11(15)7-13/h8,10H,2-7,9H2,1H3. The number of imidazole rings is 1. The summed E-state index contributed by atoms with van der Waals surface area (Å²) in [6, 6.07) is 0. The van der Waals surface area contributed by atoms with E-state index < -0.39 is 0 Å². The van der Waals surface area contributed by atoms with Crippen molar-refractivity contribution in [2.75, 3.05) is 0 Å². The first-order valence-corrected chi connectivity index (χ1v) is 6.38. The number of halogens is 1. The van der Waals surface area contributed by atoms with Crippen molar-refractivity contribution in [1.82, 2.24) is 9.55 Å². The zero-order chi connectivity index (χ0) is 10.7. The van der Waals surface area contributed by atoms with E-state index >= 15 is 0 Å². The van der Waals surface area contributed by atoms with E-state index in [0.29, 0.717) is 11.3 Å². The summed E-state index contributed by atoms with van der Waals surface area (Å²) in [5.74, 6) is 0.569. The lowest BCUT2D eigenvalue weighted by Gasteiger charge is -2.28. The highest BCUT2D eigenvalue weighted by Gasteiger charge is 2.32. The number of alkyl halides is 1. The van der Waals surface area contributed by atoms with Crippen LogP contribution in [0.5, 0.6) is 0 Å². The van der Waals surface area contributed by atoms with Crippen LogP contribution in [0.25, 0.3) is 0 Å². The van der Waals surface area contributed by atoms with E-state index in [-0.39, 0.29) is 0 Å². The summed E-state index contributed by atoms with van der Waals surface area (Å²) >= 11 is 5.89. The maximum Gasteiger partial charge on any atom is 0.0948 e. The summed E-state index contributed by atoms with van der Waals surface area (Å²) in [6.07, 6.45) is 10.6. The third-order valence-electron chi connectivity index (χ3n) is 3.86. The van der Waals surface area contributed by atoms with E-state index in [1.807, 2.05) is 12.5 Å². The van der Waals surface area contributed by atoms with Gasteiger partial charge in [0.05, 0.1) is 17.9 Å². The molecule has 3 heteroatoms. The van der Waals surface area contributed by atoms with Gasteiger partial charge in [0.15, 0.2) is 0 Å². The van der Waals surface area contributed by atoms with Gasteiger partial charge >= 0.3 is 0 Å². The van der Waals surface area contributed by atoms with Crippen LogP contribution in [0.2, 0.25) is 0 Å². The largest absolute Gasteiger partial charge is 0.333 e. The Morgan fingerprint density at radius 1 is 1.47 bits per heavy atom. The van der Waals surface area contributed by atoms with Gasteiger partial charge in [-0.05, 0) is 24.7 Å². The number of hydrogen-bond acceptors (Lipinski definition) is 1. The maximum absolute atomic E-state index is 5.89. The summed E-state index contributed by atoms with van der Waals surface area (Å²) < 4.78 is 2.24. The summed E-state index contributed by atoms with van der Waals surface area (Å²) in [4.78, 5) is 4.18. The van der Waals surface area contributed by atoms with Gasteiger partial charge in [-0.3, -0.25) is 0 Å². The summed E-state index contributed by atoms with van der Waals surface area (Å²) in [6.45, 7) is 3.41. The number of hydrogen-bond donors (Lipinski definition) is 0. The van der Waals surface area contributed by atoms with Crippen LogP contribution in [0.4, 0.5) is 0 Å². The second kappa shape index (κ2) is 4.56. The van der Waals surface area contributed by atoms with Gasteiger partial charge in [0.1, 0.15) is 0 Å². The minimum Gasteiger partial charge on any atom is -0.333 e. The van der Waals surface area contributed by atoms with Crippen molar-refractivity contribution in [3.8, 4) is 0 Å². The summed E-state index contributed by atoms with van der Waals surface area (Å²) in [7, 11) is 0. The van der Waals surface area contributed by atoms with Crippen molar-refractivity contribution in [1.29, 1.82) is 0 Å². The number of rotatable bonds is 4. The van der Waals surface area contributed by atoms with Crippen LogP contribution in [-0.2, 0) is 12.4 Å². The molecule has 1 aliphatic carbocycles. The van der Waals surface area contributed by atoms with Crippen LogP contribution in [0, 0.1) is 5.41 Å². The van der Waals surface area contributed by atoms with Crippen molar-refractivity contribution >= 4 is 11.6 Å². The molecule has 0 amide bonds.